The number of amides is 3. The molecule has 1 heterocycles. The summed E-state index contributed by atoms with van der Waals surface area (Å²) in [5.74, 6) is -4.12. The summed E-state index contributed by atoms with van der Waals surface area (Å²) < 4.78 is 66.9. The molecule has 1 aliphatic heterocycles. The number of alkyl halides is 3. The first kappa shape index (κ1) is 22.6. The second-order valence-electron chi connectivity index (χ2n) is 7.73. The molecule has 0 spiro atoms. The molecule has 1 aromatic carbocycles. The van der Waals surface area contributed by atoms with Gasteiger partial charge in [-0.15, -0.1) is 0 Å². The van der Waals surface area contributed by atoms with Crippen molar-refractivity contribution in [1.29, 1.82) is 0 Å². The third-order valence-corrected chi connectivity index (χ3v) is 6.07. The maximum atomic E-state index is 14.6. The van der Waals surface area contributed by atoms with E-state index in [1.807, 2.05) is 0 Å². The average molecular weight is 454 g/mol. The first-order valence-corrected chi connectivity index (χ1v) is 9.99. The summed E-state index contributed by atoms with van der Waals surface area (Å²) in [6.07, 6.45) is -3.61. The van der Waals surface area contributed by atoms with Gasteiger partial charge in [-0.05, 0) is 44.1 Å². The second kappa shape index (κ2) is 8.95. The van der Waals surface area contributed by atoms with Crippen LogP contribution in [0.1, 0.15) is 43.7 Å². The summed E-state index contributed by atoms with van der Waals surface area (Å²) in [6.45, 7) is 0.0424. The number of carbonyl (C=O) groups is 2. The van der Waals surface area contributed by atoms with Gasteiger partial charge in [0.15, 0.2) is 0 Å². The average Bonchev–Trinajstić information content (AvgIpc) is 3.12. The maximum Gasteiger partial charge on any atom is 0.391 e. The molecule has 0 radical (unpaired) electrons. The van der Waals surface area contributed by atoms with Crippen molar-refractivity contribution in [1.82, 2.24) is 16.0 Å². The molecule has 1 saturated heterocycles. The van der Waals surface area contributed by atoms with Crippen LogP contribution in [0.4, 0.5) is 26.7 Å². The molecule has 3 N–H and O–H groups in total. The van der Waals surface area contributed by atoms with E-state index in [9.17, 15) is 31.5 Å². The number of benzene rings is 1. The Hall–Kier alpha value is -2.10. The van der Waals surface area contributed by atoms with Gasteiger partial charge in [-0.25, -0.2) is 13.6 Å². The Kier molecular flexibility index (Phi) is 6.74. The Labute approximate surface area is 174 Å². The zero-order valence-corrected chi connectivity index (χ0v) is 16.5. The van der Waals surface area contributed by atoms with Crippen molar-refractivity contribution in [2.45, 2.75) is 50.4 Å². The molecule has 1 aromatic rings. The van der Waals surface area contributed by atoms with Crippen molar-refractivity contribution < 1.29 is 31.5 Å². The van der Waals surface area contributed by atoms with Crippen molar-refractivity contribution in [3.8, 4) is 0 Å². The van der Waals surface area contributed by atoms with Crippen molar-refractivity contribution >= 4 is 23.5 Å². The highest BCUT2D eigenvalue weighted by molar-refractivity contribution is 6.31. The minimum atomic E-state index is -4.25. The van der Waals surface area contributed by atoms with Crippen LogP contribution in [-0.4, -0.2) is 30.7 Å². The fourth-order valence-electron chi connectivity index (χ4n) is 4.02. The van der Waals surface area contributed by atoms with Crippen LogP contribution < -0.4 is 16.0 Å². The second-order valence-corrected chi connectivity index (χ2v) is 8.11. The van der Waals surface area contributed by atoms with E-state index in [0.29, 0.717) is 0 Å². The molecule has 0 aromatic heterocycles. The molecular weight excluding hydrogens is 433 g/mol. The highest BCUT2D eigenvalue weighted by atomic mass is 35.5. The zero-order chi connectivity index (χ0) is 22.1. The molecule has 30 heavy (non-hydrogen) atoms. The quantitative estimate of drug-likeness (QED) is 0.461. The highest BCUT2D eigenvalue weighted by Crippen LogP contribution is 2.42. The molecule has 1 saturated carbocycles. The van der Waals surface area contributed by atoms with Crippen LogP contribution in [0.15, 0.2) is 12.1 Å². The van der Waals surface area contributed by atoms with Gasteiger partial charge in [0.1, 0.15) is 22.7 Å². The van der Waals surface area contributed by atoms with Crippen LogP contribution in [0, 0.1) is 23.5 Å². The van der Waals surface area contributed by atoms with E-state index >= 15 is 0 Å². The Bertz CT molecular complexity index is 812. The number of halogens is 6. The van der Waals surface area contributed by atoms with E-state index in [2.05, 4.69) is 16.0 Å². The Morgan fingerprint density at radius 2 is 1.87 bits per heavy atom. The topological polar surface area (TPSA) is 70.2 Å². The Morgan fingerprint density at radius 3 is 2.43 bits per heavy atom. The van der Waals surface area contributed by atoms with E-state index < -0.39 is 52.8 Å². The molecule has 2 atom stereocenters. The lowest BCUT2D eigenvalue weighted by Crippen LogP contribution is -2.45. The van der Waals surface area contributed by atoms with Gasteiger partial charge in [0.25, 0.3) is 0 Å². The lowest BCUT2D eigenvalue weighted by atomic mass is 9.78. The molecule has 1 unspecified atom stereocenters. The normalized spacial score (nSPS) is 25.4. The van der Waals surface area contributed by atoms with Gasteiger partial charge in [0.05, 0.1) is 12.0 Å². The van der Waals surface area contributed by atoms with Crippen LogP contribution in [-0.2, 0) is 4.79 Å². The maximum absolute atomic E-state index is 14.6. The minimum Gasteiger partial charge on any atom is -0.347 e. The largest absolute Gasteiger partial charge is 0.391 e. The molecule has 3 amide bonds. The molecule has 2 aliphatic rings. The third kappa shape index (κ3) is 5.14. The van der Waals surface area contributed by atoms with Crippen LogP contribution in [0.25, 0.3) is 0 Å². The van der Waals surface area contributed by atoms with Crippen LogP contribution in [0.3, 0.4) is 0 Å². The lowest BCUT2D eigenvalue weighted by molar-refractivity contribution is -0.184. The Morgan fingerprint density at radius 1 is 1.20 bits per heavy atom. The van der Waals surface area contributed by atoms with E-state index in [4.69, 9.17) is 11.6 Å². The number of urea groups is 1. The monoisotopic (exact) mass is 453 g/mol. The van der Waals surface area contributed by atoms with Gasteiger partial charge in [-0.2, -0.15) is 13.2 Å². The van der Waals surface area contributed by atoms with Gasteiger partial charge in [-0.3, -0.25) is 4.79 Å². The van der Waals surface area contributed by atoms with E-state index in [-0.39, 0.29) is 50.1 Å². The number of hydrogen-bond acceptors (Lipinski definition) is 2. The fourth-order valence-corrected chi connectivity index (χ4v) is 4.19. The fraction of sp³-hybridized carbons (Fsp3) is 0.579. The smallest absolute Gasteiger partial charge is 0.347 e. The number of carbonyl (C=O) groups excluding carboxylic acids is 2. The molecule has 0 bridgehead atoms. The minimum absolute atomic E-state index is 0.0376. The SMILES string of the molecule is O=C1NC[C@@H](C(=O)NC(C[C@H]2CC[C@@H](C(F)(F)F)CC2)c2ccc(F)c(Cl)c2F)N1. The van der Waals surface area contributed by atoms with E-state index in [1.165, 1.54) is 0 Å². The molecule has 5 nitrogen and oxygen atoms in total. The summed E-state index contributed by atoms with van der Waals surface area (Å²) >= 11 is 5.67. The molecule has 3 rings (SSSR count). The van der Waals surface area contributed by atoms with Gasteiger partial charge >= 0.3 is 12.2 Å². The van der Waals surface area contributed by atoms with Crippen LogP contribution in [0.5, 0.6) is 0 Å². The predicted octanol–water partition coefficient (Wildman–Crippen LogP) is 4.22. The summed E-state index contributed by atoms with van der Waals surface area (Å²) in [6, 6.07) is -0.193. The van der Waals surface area contributed by atoms with Crippen molar-refractivity contribution in [2.75, 3.05) is 6.54 Å². The van der Waals surface area contributed by atoms with Crippen molar-refractivity contribution in [3.63, 3.8) is 0 Å². The molecule has 11 heteroatoms. The zero-order valence-electron chi connectivity index (χ0n) is 15.8. The van der Waals surface area contributed by atoms with Gasteiger partial charge in [0, 0.05) is 12.1 Å². The molecule has 2 fully saturated rings. The number of rotatable bonds is 5. The lowest BCUT2D eigenvalue weighted by Gasteiger charge is -2.32. The van der Waals surface area contributed by atoms with Gasteiger partial charge in [-0.1, -0.05) is 17.7 Å². The summed E-state index contributed by atoms with van der Waals surface area (Å²) in [4.78, 5) is 23.8. The van der Waals surface area contributed by atoms with Gasteiger partial charge < -0.3 is 16.0 Å². The summed E-state index contributed by atoms with van der Waals surface area (Å²) in [7, 11) is 0. The van der Waals surface area contributed by atoms with Crippen LogP contribution in [0.2, 0.25) is 5.02 Å². The predicted molar refractivity (Wildman–Crippen MR) is 98.7 cm³/mol. The van der Waals surface area contributed by atoms with Crippen molar-refractivity contribution in [3.05, 3.63) is 34.4 Å². The number of hydrogen-bond donors (Lipinski definition) is 3. The molecule has 1 aliphatic carbocycles. The van der Waals surface area contributed by atoms with Crippen LogP contribution >= 0.6 is 11.6 Å². The van der Waals surface area contributed by atoms with Crippen molar-refractivity contribution in [2.24, 2.45) is 11.8 Å². The first-order chi connectivity index (χ1) is 14.1. The highest BCUT2D eigenvalue weighted by Gasteiger charge is 2.42. The Balaban J connectivity index is 1.76. The molecular formula is C19H21ClF5N3O2. The summed E-state index contributed by atoms with van der Waals surface area (Å²) in [5, 5.41) is 6.75. The van der Waals surface area contributed by atoms with Gasteiger partial charge in [0.2, 0.25) is 5.91 Å². The molecule has 166 valence electrons. The summed E-state index contributed by atoms with van der Waals surface area (Å²) in [5.41, 5.74) is -0.0509. The van der Waals surface area contributed by atoms with E-state index in [0.717, 1.165) is 12.1 Å². The van der Waals surface area contributed by atoms with E-state index in [1.54, 1.807) is 0 Å². The third-order valence-electron chi connectivity index (χ3n) is 5.72. The first-order valence-electron chi connectivity index (χ1n) is 9.61. The standard InChI is InChI=1S/C19H21ClF5N3O2/c20-15-12(21)6-5-11(16(15)22)13(27-17(29)14-8-26-18(30)28-14)7-9-1-3-10(4-2-9)19(23,24)25/h5-6,9-10,13-14H,1-4,7-8H2,(H,27,29)(H2,26,28,30)/t9-,10+,13?,14-/m0/s1. The number of nitrogens with one attached hydrogen (secondary N) is 3.